The Morgan fingerprint density at radius 2 is 1.60 bits per heavy atom. The molecule has 6 atom stereocenters. The van der Waals surface area contributed by atoms with Crippen molar-refractivity contribution < 1.29 is 0 Å². The smallest absolute Gasteiger partial charge is 0.0292 e. The Kier molecular flexibility index (Phi) is 3.75. The Morgan fingerprint density at radius 3 is 2.30 bits per heavy atom. The van der Waals surface area contributed by atoms with Gasteiger partial charge in [0.25, 0.3) is 0 Å². The van der Waals surface area contributed by atoms with E-state index in [1.165, 1.54) is 51.4 Å². The van der Waals surface area contributed by atoms with Crippen molar-refractivity contribution in [1.29, 1.82) is 0 Å². The minimum atomic E-state index is 0.673. The molecule has 3 fully saturated rings. The van der Waals surface area contributed by atoms with Crippen LogP contribution in [0.15, 0.2) is 0 Å². The van der Waals surface area contributed by atoms with Crippen LogP contribution in [0, 0.1) is 40.4 Å². The molecular formula is C20H36. The Labute approximate surface area is 127 Å². The van der Waals surface area contributed by atoms with Crippen molar-refractivity contribution in [1.82, 2.24) is 0 Å². The predicted octanol–water partition coefficient (Wildman–Crippen LogP) is 6.30. The highest BCUT2D eigenvalue weighted by molar-refractivity contribution is 5.06. The van der Waals surface area contributed by atoms with Crippen molar-refractivity contribution in [3.8, 4) is 0 Å². The lowest BCUT2D eigenvalue weighted by molar-refractivity contribution is -0.0524. The summed E-state index contributed by atoms with van der Waals surface area (Å²) in [7, 11) is 0. The minimum absolute atomic E-state index is 0.673. The maximum absolute atomic E-state index is 2.66. The zero-order chi connectivity index (χ0) is 14.5. The Morgan fingerprint density at radius 1 is 0.900 bits per heavy atom. The van der Waals surface area contributed by atoms with Crippen LogP contribution in [0.3, 0.4) is 0 Å². The average molecular weight is 277 g/mol. The van der Waals surface area contributed by atoms with Crippen LogP contribution in [-0.2, 0) is 0 Å². The van der Waals surface area contributed by atoms with Gasteiger partial charge in [-0.1, -0.05) is 47.5 Å². The normalized spacial score (nSPS) is 52.5. The van der Waals surface area contributed by atoms with Gasteiger partial charge >= 0.3 is 0 Å². The van der Waals surface area contributed by atoms with Gasteiger partial charge in [0.1, 0.15) is 0 Å². The minimum Gasteiger partial charge on any atom is -0.0625 e. The fourth-order valence-corrected chi connectivity index (χ4v) is 6.52. The van der Waals surface area contributed by atoms with E-state index in [0.29, 0.717) is 10.8 Å². The fraction of sp³-hybridized carbons (Fsp3) is 1.00. The summed E-state index contributed by atoms with van der Waals surface area (Å²) in [4.78, 5) is 0. The van der Waals surface area contributed by atoms with E-state index in [1.807, 2.05) is 0 Å². The third kappa shape index (κ3) is 2.26. The zero-order valence-electron chi connectivity index (χ0n) is 14.5. The third-order valence-electron chi connectivity index (χ3n) is 7.87. The highest BCUT2D eigenvalue weighted by Crippen LogP contribution is 2.66. The second-order valence-electron chi connectivity index (χ2n) is 9.62. The van der Waals surface area contributed by atoms with Crippen LogP contribution in [0.2, 0.25) is 0 Å². The van der Waals surface area contributed by atoms with Crippen LogP contribution in [0.25, 0.3) is 0 Å². The van der Waals surface area contributed by atoms with Crippen LogP contribution in [0.1, 0.15) is 86.0 Å². The van der Waals surface area contributed by atoms with Crippen LogP contribution < -0.4 is 0 Å². The molecule has 0 heterocycles. The van der Waals surface area contributed by atoms with Crippen molar-refractivity contribution >= 4 is 0 Å². The van der Waals surface area contributed by atoms with Gasteiger partial charge in [-0.05, 0) is 78.9 Å². The van der Waals surface area contributed by atoms with Crippen molar-refractivity contribution in [3.63, 3.8) is 0 Å². The van der Waals surface area contributed by atoms with Gasteiger partial charge in [-0.2, -0.15) is 0 Å². The Bertz CT molecular complexity index is 357. The first-order valence-electron chi connectivity index (χ1n) is 9.36. The molecule has 0 radical (unpaired) electrons. The molecule has 0 aromatic carbocycles. The molecule has 3 rings (SSSR count). The SMILES string of the molecule is CC1CCCC2(C)CCC3(C)CCC(C(C)C)C3C2C1. The summed E-state index contributed by atoms with van der Waals surface area (Å²) in [6.45, 7) is 12.8. The van der Waals surface area contributed by atoms with Gasteiger partial charge in [-0.15, -0.1) is 0 Å². The third-order valence-corrected chi connectivity index (χ3v) is 7.87. The molecule has 0 saturated heterocycles. The van der Waals surface area contributed by atoms with Crippen LogP contribution in [0.5, 0.6) is 0 Å². The maximum atomic E-state index is 2.66. The van der Waals surface area contributed by atoms with Gasteiger partial charge in [0, 0.05) is 0 Å². The molecule has 0 heteroatoms. The molecule has 0 aromatic heterocycles. The number of fused-ring (bicyclic) bond motifs is 3. The maximum Gasteiger partial charge on any atom is -0.0292 e. The average Bonchev–Trinajstić information content (AvgIpc) is 2.64. The number of rotatable bonds is 1. The van der Waals surface area contributed by atoms with Gasteiger partial charge in [-0.3, -0.25) is 0 Å². The molecule has 0 nitrogen and oxygen atoms in total. The van der Waals surface area contributed by atoms with Crippen molar-refractivity contribution in [2.24, 2.45) is 40.4 Å². The number of hydrogen-bond acceptors (Lipinski definition) is 0. The first-order valence-corrected chi connectivity index (χ1v) is 9.36. The standard InChI is InChI=1S/C20H36/c1-14(2)16-8-10-20(5)12-11-19(4)9-6-7-15(3)13-17(19)18(16)20/h14-18H,6-13H2,1-5H3. The Hall–Kier alpha value is 0. The highest BCUT2D eigenvalue weighted by atomic mass is 14.6. The Balaban J connectivity index is 1.95. The van der Waals surface area contributed by atoms with E-state index in [1.54, 1.807) is 0 Å². The zero-order valence-corrected chi connectivity index (χ0v) is 14.5. The molecule has 6 unspecified atom stereocenters. The van der Waals surface area contributed by atoms with E-state index in [0.717, 1.165) is 29.6 Å². The topological polar surface area (TPSA) is 0 Å². The quantitative estimate of drug-likeness (QED) is 0.527. The molecule has 0 aliphatic heterocycles. The van der Waals surface area contributed by atoms with Crippen molar-refractivity contribution in [3.05, 3.63) is 0 Å². The first kappa shape index (κ1) is 14.9. The van der Waals surface area contributed by atoms with Gasteiger partial charge in [0.05, 0.1) is 0 Å². The molecule has 0 aromatic rings. The van der Waals surface area contributed by atoms with Crippen molar-refractivity contribution in [2.75, 3.05) is 0 Å². The second-order valence-corrected chi connectivity index (χ2v) is 9.62. The van der Waals surface area contributed by atoms with Gasteiger partial charge < -0.3 is 0 Å². The summed E-state index contributed by atoms with van der Waals surface area (Å²) < 4.78 is 0. The van der Waals surface area contributed by atoms with E-state index < -0.39 is 0 Å². The monoisotopic (exact) mass is 276 g/mol. The largest absolute Gasteiger partial charge is 0.0625 e. The summed E-state index contributed by atoms with van der Waals surface area (Å²) in [5.74, 6) is 4.92. The molecule has 20 heavy (non-hydrogen) atoms. The van der Waals surface area contributed by atoms with Gasteiger partial charge in [0.2, 0.25) is 0 Å². The molecular weight excluding hydrogens is 240 g/mol. The molecule has 0 bridgehead atoms. The molecule has 3 aliphatic carbocycles. The highest BCUT2D eigenvalue weighted by Gasteiger charge is 2.57. The lowest BCUT2D eigenvalue weighted by atomic mass is 9.51. The molecule has 0 N–H and O–H groups in total. The fourth-order valence-electron chi connectivity index (χ4n) is 6.52. The molecule has 116 valence electrons. The van der Waals surface area contributed by atoms with E-state index in [2.05, 4.69) is 34.6 Å². The summed E-state index contributed by atoms with van der Waals surface area (Å²) in [6.07, 6.45) is 12.1. The first-order chi connectivity index (χ1) is 9.36. The van der Waals surface area contributed by atoms with Crippen LogP contribution in [-0.4, -0.2) is 0 Å². The lowest BCUT2D eigenvalue weighted by Gasteiger charge is -2.54. The van der Waals surface area contributed by atoms with Gasteiger partial charge in [-0.25, -0.2) is 0 Å². The lowest BCUT2D eigenvalue weighted by Crippen LogP contribution is -2.47. The second kappa shape index (κ2) is 5.03. The van der Waals surface area contributed by atoms with Crippen LogP contribution >= 0.6 is 0 Å². The van der Waals surface area contributed by atoms with Gasteiger partial charge in [0.15, 0.2) is 0 Å². The number of hydrogen-bond donors (Lipinski definition) is 0. The summed E-state index contributed by atoms with van der Waals surface area (Å²) >= 11 is 0. The summed E-state index contributed by atoms with van der Waals surface area (Å²) in [6, 6.07) is 0. The molecule has 0 spiro atoms. The summed E-state index contributed by atoms with van der Waals surface area (Å²) in [5.41, 5.74) is 1.36. The van der Waals surface area contributed by atoms with Crippen LogP contribution in [0.4, 0.5) is 0 Å². The van der Waals surface area contributed by atoms with E-state index >= 15 is 0 Å². The molecule has 0 amide bonds. The molecule has 3 saturated carbocycles. The van der Waals surface area contributed by atoms with E-state index in [-0.39, 0.29) is 0 Å². The predicted molar refractivity (Wildman–Crippen MR) is 87.6 cm³/mol. The molecule has 3 aliphatic rings. The van der Waals surface area contributed by atoms with E-state index in [9.17, 15) is 0 Å². The summed E-state index contributed by atoms with van der Waals surface area (Å²) in [5, 5.41) is 0. The van der Waals surface area contributed by atoms with Crippen molar-refractivity contribution in [2.45, 2.75) is 86.0 Å². The van der Waals surface area contributed by atoms with E-state index in [4.69, 9.17) is 0 Å².